The molecule has 0 aliphatic carbocycles. The van der Waals surface area contributed by atoms with E-state index >= 15 is 0 Å². The van der Waals surface area contributed by atoms with E-state index in [-0.39, 0.29) is 12.7 Å². The van der Waals surface area contributed by atoms with Crippen molar-refractivity contribution in [1.29, 1.82) is 0 Å². The molecule has 2 aromatic rings. The highest BCUT2D eigenvalue weighted by Gasteiger charge is 2.16. The molecule has 1 heterocycles. The minimum Gasteiger partial charge on any atom is -0.454 e. The van der Waals surface area contributed by atoms with E-state index in [9.17, 15) is 4.79 Å². The Morgan fingerprint density at radius 1 is 1.10 bits per heavy atom. The quantitative estimate of drug-likeness (QED) is 0.909. The van der Waals surface area contributed by atoms with Crippen LogP contribution in [0.3, 0.4) is 0 Å². The topological polar surface area (TPSA) is 59.6 Å². The molecular weight excluding hydrogens is 268 g/mol. The zero-order valence-corrected chi connectivity index (χ0v) is 11.9. The minimum absolute atomic E-state index is 0.165. The second kappa shape index (κ2) is 5.36. The lowest BCUT2D eigenvalue weighted by Crippen LogP contribution is -2.14. The number of fused-ring (bicyclic) bond motifs is 1. The molecular formula is C16H16N2O3. The molecule has 5 heteroatoms. The molecule has 2 aromatic carbocycles. The summed E-state index contributed by atoms with van der Waals surface area (Å²) in [5.74, 6) is 1.17. The Balaban J connectivity index is 1.85. The number of carbonyl (C=O) groups is 1. The molecule has 5 nitrogen and oxygen atoms in total. The molecule has 1 amide bonds. The number of rotatable bonds is 3. The lowest BCUT2D eigenvalue weighted by Gasteiger charge is -2.11. The van der Waals surface area contributed by atoms with Crippen molar-refractivity contribution in [1.82, 2.24) is 0 Å². The van der Waals surface area contributed by atoms with Crippen molar-refractivity contribution < 1.29 is 14.3 Å². The monoisotopic (exact) mass is 284 g/mol. The van der Waals surface area contributed by atoms with Gasteiger partial charge in [0.25, 0.3) is 5.91 Å². The van der Waals surface area contributed by atoms with Crippen LogP contribution in [0.15, 0.2) is 36.4 Å². The Morgan fingerprint density at radius 2 is 1.90 bits per heavy atom. The van der Waals surface area contributed by atoms with E-state index in [1.807, 2.05) is 25.1 Å². The zero-order chi connectivity index (χ0) is 14.8. The summed E-state index contributed by atoms with van der Waals surface area (Å²) in [7, 11) is 1.79. The number of hydrogen-bond acceptors (Lipinski definition) is 4. The lowest BCUT2D eigenvalue weighted by atomic mass is 10.1. The summed E-state index contributed by atoms with van der Waals surface area (Å²) >= 11 is 0. The van der Waals surface area contributed by atoms with Gasteiger partial charge in [0.2, 0.25) is 6.79 Å². The number of hydrogen-bond donors (Lipinski definition) is 2. The highest BCUT2D eigenvalue weighted by atomic mass is 16.7. The van der Waals surface area contributed by atoms with Crippen molar-refractivity contribution in [2.24, 2.45) is 0 Å². The van der Waals surface area contributed by atoms with Crippen LogP contribution in [0.4, 0.5) is 11.4 Å². The third kappa shape index (κ3) is 2.63. The first kappa shape index (κ1) is 13.3. The van der Waals surface area contributed by atoms with Gasteiger partial charge in [0, 0.05) is 24.5 Å². The first-order chi connectivity index (χ1) is 10.2. The molecule has 1 aliphatic rings. The summed E-state index contributed by atoms with van der Waals surface area (Å²) in [6.45, 7) is 2.17. The van der Waals surface area contributed by atoms with Crippen LogP contribution in [0.25, 0.3) is 0 Å². The molecule has 0 unspecified atom stereocenters. The predicted octanol–water partition coefficient (Wildman–Crippen LogP) is 3.02. The van der Waals surface area contributed by atoms with Crippen LogP contribution in [0.2, 0.25) is 0 Å². The van der Waals surface area contributed by atoms with E-state index in [1.165, 1.54) is 0 Å². The highest BCUT2D eigenvalue weighted by Crippen LogP contribution is 2.34. The fourth-order valence-corrected chi connectivity index (χ4v) is 2.24. The van der Waals surface area contributed by atoms with Crippen molar-refractivity contribution >= 4 is 17.3 Å². The molecule has 0 saturated carbocycles. The zero-order valence-electron chi connectivity index (χ0n) is 11.9. The normalized spacial score (nSPS) is 12.1. The molecule has 2 N–H and O–H groups in total. The van der Waals surface area contributed by atoms with Crippen molar-refractivity contribution in [2.75, 3.05) is 24.5 Å². The van der Waals surface area contributed by atoms with Gasteiger partial charge in [-0.1, -0.05) is 11.6 Å². The van der Waals surface area contributed by atoms with Gasteiger partial charge in [-0.15, -0.1) is 0 Å². The molecule has 3 rings (SSSR count). The average molecular weight is 284 g/mol. The lowest BCUT2D eigenvalue weighted by molar-refractivity contribution is 0.102. The summed E-state index contributed by atoms with van der Waals surface area (Å²) in [4.78, 5) is 12.4. The van der Waals surface area contributed by atoms with Gasteiger partial charge in [-0.25, -0.2) is 0 Å². The smallest absolute Gasteiger partial charge is 0.257 e. The van der Waals surface area contributed by atoms with E-state index in [4.69, 9.17) is 9.47 Å². The van der Waals surface area contributed by atoms with Crippen LogP contribution in [0.1, 0.15) is 15.9 Å². The Kier molecular flexibility index (Phi) is 3.39. The minimum atomic E-state index is -0.165. The number of anilines is 2. The number of aryl methyl sites for hydroxylation is 1. The highest BCUT2D eigenvalue weighted by molar-refractivity contribution is 6.08. The molecule has 0 atom stereocenters. The van der Waals surface area contributed by atoms with E-state index in [0.29, 0.717) is 22.7 Å². The Bertz CT molecular complexity index is 698. The van der Waals surface area contributed by atoms with Crippen LogP contribution in [0, 0.1) is 6.92 Å². The third-order valence-corrected chi connectivity index (χ3v) is 3.32. The van der Waals surface area contributed by atoms with Gasteiger partial charge < -0.3 is 20.1 Å². The Hall–Kier alpha value is -2.69. The van der Waals surface area contributed by atoms with Gasteiger partial charge in [-0.05, 0) is 31.2 Å². The fraction of sp³-hybridized carbons (Fsp3) is 0.188. The van der Waals surface area contributed by atoms with E-state index < -0.39 is 0 Å². The van der Waals surface area contributed by atoms with Crippen molar-refractivity contribution in [3.63, 3.8) is 0 Å². The summed E-state index contributed by atoms with van der Waals surface area (Å²) in [5, 5.41) is 5.90. The molecule has 0 aromatic heterocycles. The molecule has 0 fully saturated rings. The standard InChI is InChI=1S/C16H16N2O3/c1-10-3-5-13(17-2)12(7-10)16(19)18-11-4-6-14-15(8-11)21-9-20-14/h3-8,17H,9H2,1-2H3,(H,18,19). The first-order valence-electron chi connectivity index (χ1n) is 6.67. The average Bonchev–Trinajstić information content (AvgIpc) is 2.94. The number of amides is 1. The molecule has 0 saturated heterocycles. The van der Waals surface area contributed by atoms with Gasteiger partial charge >= 0.3 is 0 Å². The fourth-order valence-electron chi connectivity index (χ4n) is 2.24. The Labute approximate surface area is 122 Å². The predicted molar refractivity (Wildman–Crippen MR) is 81.2 cm³/mol. The van der Waals surface area contributed by atoms with Crippen LogP contribution >= 0.6 is 0 Å². The van der Waals surface area contributed by atoms with Gasteiger partial charge in [0.1, 0.15) is 0 Å². The van der Waals surface area contributed by atoms with Crippen LogP contribution in [0.5, 0.6) is 11.5 Å². The molecule has 1 aliphatic heterocycles. The van der Waals surface area contributed by atoms with Crippen LogP contribution in [-0.4, -0.2) is 19.7 Å². The van der Waals surface area contributed by atoms with Crippen LogP contribution < -0.4 is 20.1 Å². The summed E-state index contributed by atoms with van der Waals surface area (Å²) in [5.41, 5.74) is 3.10. The number of nitrogens with one attached hydrogen (secondary N) is 2. The summed E-state index contributed by atoms with van der Waals surface area (Å²) < 4.78 is 10.6. The van der Waals surface area contributed by atoms with E-state index in [1.54, 1.807) is 25.2 Å². The largest absolute Gasteiger partial charge is 0.454 e. The van der Waals surface area contributed by atoms with Crippen molar-refractivity contribution in [3.05, 3.63) is 47.5 Å². The SMILES string of the molecule is CNc1ccc(C)cc1C(=O)Nc1ccc2c(c1)OCO2. The van der Waals surface area contributed by atoms with Gasteiger partial charge in [0.15, 0.2) is 11.5 Å². The Morgan fingerprint density at radius 3 is 2.71 bits per heavy atom. The van der Waals surface area contributed by atoms with E-state index in [2.05, 4.69) is 10.6 Å². The first-order valence-corrected chi connectivity index (χ1v) is 6.67. The molecule has 0 radical (unpaired) electrons. The van der Waals surface area contributed by atoms with Gasteiger partial charge in [-0.2, -0.15) is 0 Å². The number of carbonyl (C=O) groups excluding carboxylic acids is 1. The van der Waals surface area contributed by atoms with E-state index in [0.717, 1.165) is 11.3 Å². The van der Waals surface area contributed by atoms with Gasteiger partial charge in [0.05, 0.1) is 5.56 Å². The maximum Gasteiger partial charge on any atom is 0.257 e. The van der Waals surface area contributed by atoms with Crippen LogP contribution in [-0.2, 0) is 0 Å². The van der Waals surface area contributed by atoms with Crippen molar-refractivity contribution in [2.45, 2.75) is 6.92 Å². The maximum atomic E-state index is 12.4. The molecule has 21 heavy (non-hydrogen) atoms. The number of ether oxygens (including phenoxy) is 2. The molecule has 0 spiro atoms. The second-order valence-electron chi connectivity index (χ2n) is 4.82. The second-order valence-corrected chi connectivity index (χ2v) is 4.82. The maximum absolute atomic E-state index is 12.4. The summed E-state index contributed by atoms with van der Waals surface area (Å²) in [6, 6.07) is 11.0. The van der Waals surface area contributed by atoms with Gasteiger partial charge in [-0.3, -0.25) is 4.79 Å². The van der Waals surface area contributed by atoms with Crippen molar-refractivity contribution in [3.8, 4) is 11.5 Å². The third-order valence-electron chi connectivity index (χ3n) is 3.32. The number of benzene rings is 2. The summed E-state index contributed by atoms with van der Waals surface area (Å²) in [6.07, 6.45) is 0. The molecule has 108 valence electrons. The molecule has 0 bridgehead atoms.